The fourth-order valence-corrected chi connectivity index (χ4v) is 1.63. The Balaban J connectivity index is 2.37. The van der Waals surface area contributed by atoms with Crippen molar-refractivity contribution in [2.24, 2.45) is 5.73 Å². The van der Waals surface area contributed by atoms with Crippen molar-refractivity contribution in [3.63, 3.8) is 0 Å². The molecule has 0 saturated heterocycles. The number of nitrogens with two attached hydrogens (primary N) is 1. The molecule has 0 unspecified atom stereocenters. The number of aromatic nitrogens is 3. The zero-order valence-electron chi connectivity index (χ0n) is 8.98. The first kappa shape index (κ1) is 10.1. The van der Waals surface area contributed by atoms with E-state index in [2.05, 4.69) is 17.0 Å². The first-order valence-corrected chi connectivity index (χ1v) is 5.37. The number of rotatable bonds is 4. The highest BCUT2D eigenvalue weighted by atomic mass is 15.3. The summed E-state index contributed by atoms with van der Waals surface area (Å²) in [5.74, 6) is 0. The molecule has 2 N–H and O–H groups in total. The van der Waals surface area contributed by atoms with Crippen LogP contribution in [0.5, 0.6) is 0 Å². The number of hydrogen-bond donors (Lipinski definition) is 1. The molecule has 80 valence electrons. The van der Waals surface area contributed by atoms with Crippen LogP contribution < -0.4 is 5.73 Å². The van der Waals surface area contributed by atoms with E-state index in [0.29, 0.717) is 6.54 Å². The molecular formula is C11H16N4. The summed E-state index contributed by atoms with van der Waals surface area (Å²) < 4.78 is 1.84. The van der Waals surface area contributed by atoms with Gasteiger partial charge < -0.3 is 5.73 Å². The number of hydrogen-bond acceptors (Lipinski definition) is 3. The molecule has 0 spiro atoms. The van der Waals surface area contributed by atoms with E-state index < -0.39 is 0 Å². The SMILES string of the molecule is CCCCc1cc2nccc(CN)n2n1. The monoisotopic (exact) mass is 204 g/mol. The van der Waals surface area contributed by atoms with Gasteiger partial charge in [-0.05, 0) is 18.9 Å². The van der Waals surface area contributed by atoms with Gasteiger partial charge in [-0.1, -0.05) is 13.3 Å². The minimum atomic E-state index is 0.494. The number of aryl methyl sites for hydroxylation is 1. The van der Waals surface area contributed by atoms with Crippen LogP contribution in [0.1, 0.15) is 31.2 Å². The summed E-state index contributed by atoms with van der Waals surface area (Å²) in [6.45, 7) is 2.67. The predicted octanol–water partition coefficient (Wildman–Crippen LogP) is 1.53. The lowest BCUT2D eigenvalue weighted by atomic mass is 10.2. The lowest BCUT2D eigenvalue weighted by molar-refractivity contribution is 0.748. The van der Waals surface area contributed by atoms with Crippen LogP contribution in [-0.2, 0) is 13.0 Å². The van der Waals surface area contributed by atoms with Crippen molar-refractivity contribution in [3.05, 3.63) is 29.7 Å². The normalized spacial score (nSPS) is 11.1. The third kappa shape index (κ3) is 1.99. The van der Waals surface area contributed by atoms with Crippen molar-refractivity contribution < 1.29 is 0 Å². The van der Waals surface area contributed by atoms with E-state index >= 15 is 0 Å². The van der Waals surface area contributed by atoms with Crippen molar-refractivity contribution in [1.82, 2.24) is 14.6 Å². The third-order valence-corrected chi connectivity index (χ3v) is 2.48. The second-order valence-electron chi connectivity index (χ2n) is 3.65. The second kappa shape index (κ2) is 4.40. The quantitative estimate of drug-likeness (QED) is 0.821. The van der Waals surface area contributed by atoms with Crippen molar-refractivity contribution in [1.29, 1.82) is 0 Å². The van der Waals surface area contributed by atoms with Crippen LogP contribution in [0.4, 0.5) is 0 Å². The van der Waals surface area contributed by atoms with E-state index in [4.69, 9.17) is 5.73 Å². The summed E-state index contributed by atoms with van der Waals surface area (Å²) in [5, 5.41) is 4.50. The molecule has 0 amide bonds. The predicted molar refractivity (Wildman–Crippen MR) is 59.5 cm³/mol. The fraction of sp³-hybridized carbons (Fsp3) is 0.455. The summed E-state index contributed by atoms with van der Waals surface area (Å²) in [4.78, 5) is 4.26. The minimum absolute atomic E-state index is 0.494. The Morgan fingerprint density at radius 1 is 1.47 bits per heavy atom. The Bertz CT molecular complexity index is 447. The van der Waals surface area contributed by atoms with Gasteiger partial charge in [-0.25, -0.2) is 9.50 Å². The van der Waals surface area contributed by atoms with Gasteiger partial charge in [-0.15, -0.1) is 0 Å². The van der Waals surface area contributed by atoms with Gasteiger partial charge in [0.2, 0.25) is 0 Å². The summed E-state index contributed by atoms with van der Waals surface area (Å²) in [7, 11) is 0. The lowest BCUT2D eigenvalue weighted by Gasteiger charge is -1.99. The zero-order chi connectivity index (χ0) is 10.7. The maximum Gasteiger partial charge on any atom is 0.155 e. The molecule has 2 heterocycles. The van der Waals surface area contributed by atoms with Crippen LogP contribution in [0.3, 0.4) is 0 Å². The summed E-state index contributed by atoms with van der Waals surface area (Å²) >= 11 is 0. The van der Waals surface area contributed by atoms with E-state index in [1.54, 1.807) is 6.20 Å². The van der Waals surface area contributed by atoms with Crippen LogP contribution in [0.15, 0.2) is 18.3 Å². The van der Waals surface area contributed by atoms with Gasteiger partial charge in [0.1, 0.15) is 0 Å². The van der Waals surface area contributed by atoms with Crippen molar-refractivity contribution in [2.75, 3.05) is 0 Å². The molecule has 0 aromatic carbocycles. The largest absolute Gasteiger partial charge is 0.325 e. The van der Waals surface area contributed by atoms with Crippen LogP contribution in [0.2, 0.25) is 0 Å². The molecule has 2 rings (SSSR count). The molecular weight excluding hydrogens is 188 g/mol. The maximum atomic E-state index is 5.64. The smallest absolute Gasteiger partial charge is 0.155 e. The highest BCUT2D eigenvalue weighted by molar-refractivity contribution is 5.40. The zero-order valence-corrected chi connectivity index (χ0v) is 8.98. The molecule has 15 heavy (non-hydrogen) atoms. The molecule has 0 atom stereocenters. The van der Waals surface area contributed by atoms with Gasteiger partial charge in [-0.2, -0.15) is 5.10 Å². The standard InChI is InChI=1S/C11H16N4/c1-2-3-4-9-7-11-13-6-5-10(8-12)15(11)14-9/h5-7H,2-4,8,12H2,1H3. The number of nitrogens with zero attached hydrogens (tertiary/aromatic N) is 3. The van der Waals surface area contributed by atoms with Crippen molar-refractivity contribution in [3.8, 4) is 0 Å². The van der Waals surface area contributed by atoms with E-state index in [0.717, 1.165) is 23.5 Å². The van der Waals surface area contributed by atoms with Gasteiger partial charge in [0.25, 0.3) is 0 Å². The van der Waals surface area contributed by atoms with Crippen molar-refractivity contribution in [2.45, 2.75) is 32.7 Å². The summed E-state index contributed by atoms with van der Waals surface area (Å²) in [6, 6.07) is 3.94. The molecule has 0 saturated carbocycles. The topological polar surface area (TPSA) is 56.2 Å². The number of unbranched alkanes of at least 4 members (excludes halogenated alkanes) is 1. The lowest BCUT2D eigenvalue weighted by Crippen LogP contribution is -2.05. The molecule has 4 nitrogen and oxygen atoms in total. The molecule has 0 aliphatic heterocycles. The van der Waals surface area contributed by atoms with Gasteiger partial charge in [0.05, 0.1) is 11.4 Å². The second-order valence-corrected chi connectivity index (χ2v) is 3.65. The molecule has 2 aromatic rings. The Morgan fingerprint density at radius 2 is 2.33 bits per heavy atom. The molecule has 0 fully saturated rings. The summed E-state index contributed by atoms with van der Waals surface area (Å²) in [5.41, 5.74) is 8.63. The fourth-order valence-electron chi connectivity index (χ4n) is 1.63. The number of fused-ring (bicyclic) bond motifs is 1. The highest BCUT2D eigenvalue weighted by Crippen LogP contribution is 2.09. The summed E-state index contributed by atoms with van der Waals surface area (Å²) in [6.07, 6.45) is 5.15. The Hall–Kier alpha value is -1.42. The van der Waals surface area contributed by atoms with E-state index in [9.17, 15) is 0 Å². The first-order chi connectivity index (χ1) is 7.35. The van der Waals surface area contributed by atoms with Gasteiger partial charge in [-0.3, -0.25) is 0 Å². The van der Waals surface area contributed by atoms with Crippen molar-refractivity contribution >= 4 is 5.65 Å². The molecule has 4 heteroatoms. The van der Waals surface area contributed by atoms with Crippen LogP contribution in [-0.4, -0.2) is 14.6 Å². The Labute approximate surface area is 89.1 Å². The molecule has 2 aromatic heterocycles. The first-order valence-electron chi connectivity index (χ1n) is 5.37. The van der Waals surface area contributed by atoms with Crippen LogP contribution >= 0.6 is 0 Å². The van der Waals surface area contributed by atoms with E-state index in [-0.39, 0.29) is 0 Å². The Morgan fingerprint density at radius 3 is 3.07 bits per heavy atom. The Kier molecular flexibility index (Phi) is 2.97. The highest BCUT2D eigenvalue weighted by Gasteiger charge is 2.04. The average molecular weight is 204 g/mol. The van der Waals surface area contributed by atoms with Gasteiger partial charge in [0, 0.05) is 18.8 Å². The van der Waals surface area contributed by atoms with Crippen LogP contribution in [0, 0.1) is 0 Å². The van der Waals surface area contributed by atoms with Crippen LogP contribution in [0.25, 0.3) is 5.65 Å². The molecule has 0 aliphatic rings. The molecule has 0 bridgehead atoms. The van der Waals surface area contributed by atoms with Gasteiger partial charge >= 0.3 is 0 Å². The van der Waals surface area contributed by atoms with Gasteiger partial charge in [0.15, 0.2) is 5.65 Å². The van der Waals surface area contributed by atoms with E-state index in [1.165, 1.54) is 12.8 Å². The minimum Gasteiger partial charge on any atom is -0.325 e. The maximum absolute atomic E-state index is 5.64. The average Bonchev–Trinajstić information content (AvgIpc) is 2.68. The molecule has 0 radical (unpaired) electrons. The molecule has 0 aliphatic carbocycles. The van der Waals surface area contributed by atoms with E-state index in [1.807, 2.05) is 16.6 Å². The third-order valence-electron chi connectivity index (χ3n) is 2.48.